The van der Waals surface area contributed by atoms with Crippen molar-refractivity contribution in [3.05, 3.63) is 106 Å². The zero-order valence-corrected chi connectivity index (χ0v) is 19.0. The minimum Gasteiger partial charge on any atom is -0.619 e. The molecule has 0 saturated heterocycles. The second-order valence-corrected chi connectivity index (χ2v) is 8.47. The number of nitrogens with one attached hydrogen (secondary N) is 1. The smallest absolute Gasteiger partial charge is 0.296 e. The monoisotopic (exact) mass is 490 g/mol. The Balaban J connectivity index is 1.51. The van der Waals surface area contributed by atoms with Crippen molar-refractivity contribution in [3.63, 3.8) is 0 Å². The summed E-state index contributed by atoms with van der Waals surface area (Å²) < 4.78 is 2.26. The van der Waals surface area contributed by atoms with E-state index in [-0.39, 0.29) is 21.3 Å². The molecule has 168 valence electrons. The van der Waals surface area contributed by atoms with E-state index in [0.29, 0.717) is 22.3 Å². The normalized spacial score (nSPS) is 11.1. The molecule has 0 radical (unpaired) electrons. The van der Waals surface area contributed by atoms with Gasteiger partial charge in [-0.1, -0.05) is 65.7 Å². The number of amides is 1. The van der Waals surface area contributed by atoms with Crippen LogP contribution in [-0.4, -0.2) is 21.2 Å². The van der Waals surface area contributed by atoms with Crippen LogP contribution in [0.3, 0.4) is 0 Å². The number of pyridine rings is 2. The Bertz CT molecular complexity index is 1570. The fraction of sp³-hybridized carbons (Fsp3) is 0.0400. The van der Waals surface area contributed by atoms with Crippen LogP contribution in [-0.2, 0) is 11.3 Å². The largest absolute Gasteiger partial charge is 0.619 e. The van der Waals surface area contributed by atoms with Gasteiger partial charge in [0.25, 0.3) is 11.7 Å². The lowest BCUT2D eigenvalue weighted by Crippen LogP contribution is -2.27. The fourth-order valence-electron chi connectivity index (χ4n) is 3.95. The Labute approximate surface area is 203 Å². The standard InChI is InChI=1S/C25H16Cl2N4O3/c26-20-13-31(34)14-21(27)22(20)29-25(33)23(32)19-12-30(24-18(19)9-4-10-28-24)11-16-7-3-6-15-5-1-2-8-17(15)16/h1-10,12-14H,11H2,(H,29,33). The molecule has 0 aliphatic heterocycles. The van der Waals surface area contributed by atoms with Crippen LogP contribution in [0.15, 0.2) is 79.4 Å². The van der Waals surface area contributed by atoms with E-state index in [1.165, 1.54) is 0 Å². The van der Waals surface area contributed by atoms with E-state index in [4.69, 9.17) is 23.2 Å². The number of halogens is 2. The van der Waals surface area contributed by atoms with Crippen molar-refractivity contribution >= 4 is 62.4 Å². The van der Waals surface area contributed by atoms with Gasteiger partial charge in [-0.05, 0) is 28.5 Å². The molecule has 0 bridgehead atoms. The highest BCUT2D eigenvalue weighted by Gasteiger charge is 2.24. The maximum atomic E-state index is 13.1. The Morgan fingerprint density at radius 3 is 2.47 bits per heavy atom. The molecular formula is C25H16Cl2N4O3. The number of hydrogen-bond donors (Lipinski definition) is 1. The molecule has 3 heterocycles. The quantitative estimate of drug-likeness (QED) is 0.162. The highest BCUT2D eigenvalue weighted by molar-refractivity contribution is 6.50. The van der Waals surface area contributed by atoms with Gasteiger partial charge in [-0.15, -0.1) is 0 Å². The summed E-state index contributed by atoms with van der Waals surface area (Å²) in [6, 6.07) is 17.5. The second-order valence-electron chi connectivity index (χ2n) is 7.66. The molecule has 0 atom stereocenters. The van der Waals surface area contributed by atoms with Gasteiger partial charge in [0.15, 0.2) is 0 Å². The number of aromatic nitrogens is 3. The second kappa shape index (κ2) is 8.78. The molecule has 1 amide bonds. The van der Waals surface area contributed by atoms with Crippen molar-refractivity contribution in [2.45, 2.75) is 6.54 Å². The number of anilines is 1. The number of benzene rings is 2. The minimum absolute atomic E-state index is 0.00796. The van der Waals surface area contributed by atoms with Crippen molar-refractivity contribution < 1.29 is 14.3 Å². The highest BCUT2D eigenvalue weighted by atomic mass is 35.5. The number of rotatable bonds is 5. The first-order valence-electron chi connectivity index (χ1n) is 10.3. The van der Waals surface area contributed by atoms with E-state index >= 15 is 0 Å². The Kier molecular flexibility index (Phi) is 5.65. The first-order chi connectivity index (χ1) is 16.4. The van der Waals surface area contributed by atoms with Crippen molar-refractivity contribution in [3.8, 4) is 0 Å². The number of hydrogen-bond acceptors (Lipinski definition) is 4. The van der Waals surface area contributed by atoms with E-state index in [1.54, 1.807) is 24.5 Å². The summed E-state index contributed by atoms with van der Waals surface area (Å²) in [7, 11) is 0. The first kappa shape index (κ1) is 21.9. The zero-order chi connectivity index (χ0) is 23.8. The zero-order valence-electron chi connectivity index (χ0n) is 17.5. The van der Waals surface area contributed by atoms with Crippen LogP contribution >= 0.6 is 23.2 Å². The molecule has 3 aromatic heterocycles. The summed E-state index contributed by atoms with van der Waals surface area (Å²) in [6.45, 7) is 0.462. The van der Waals surface area contributed by atoms with Gasteiger partial charge in [0.1, 0.15) is 15.7 Å². The molecule has 0 fully saturated rings. The van der Waals surface area contributed by atoms with Crippen LogP contribution < -0.4 is 10.0 Å². The predicted molar refractivity (Wildman–Crippen MR) is 131 cm³/mol. The highest BCUT2D eigenvalue weighted by Crippen LogP contribution is 2.29. The van der Waals surface area contributed by atoms with Gasteiger partial charge >= 0.3 is 0 Å². The molecule has 0 saturated carbocycles. The van der Waals surface area contributed by atoms with Crippen molar-refractivity contribution in [2.24, 2.45) is 0 Å². The summed E-state index contributed by atoms with van der Waals surface area (Å²) in [5.41, 5.74) is 1.82. The Hall–Kier alpha value is -3.94. The fourth-order valence-corrected chi connectivity index (χ4v) is 4.49. The molecular weight excluding hydrogens is 475 g/mol. The van der Waals surface area contributed by atoms with Crippen LogP contribution in [0.1, 0.15) is 15.9 Å². The molecule has 0 aliphatic carbocycles. The molecule has 34 heavy (non-hydrogen) atoms. The number of ketones is 1. The van der Waals surface area contributed by atoms with Crippen LogP contribution in [0.25, 0.3) is 21.8 Å². The first-order valence-corrected chi connectivity index (χ1v) is 11.0. The van der Waals surface area contributed by atoms with Crippen molar-refractivity contribution in [1.29, 1.82) is 0 Å². The summed E-state index contributed by atoms with van der Waals surface area (Å²) in [5.74, 6) is -1.71. The Morgan fingerprint density at radius 2 is 1.68 bits per heavy atom. The Morgan fingerprint density at radius 1 is 0.971 bits per heavy atom. The lowest BCUT2D eigenvalue weighted by atomic mass is 10.0. The molecule has 7 nitrogen and oxygen atoms in total. The average molecular weight is 491 g/mol. The number of nitrogens with zero attached hydrogens (tertiary/aromatic N) is 3. The van der Waals surface area contributed by atoms with Crippen LogP contribution in [0.2, 0.25) is 10.0 Å². The maximum absolute atomic E-state index is 13.1. The third-order valence-electron chi connectivity index (χ3n) is 5.50. The molecule has 5 aromatic rings. The topological polar surface area (TPSA) is 90.9 Å². The van der Waals surface area contributed by atoms with Crippen molar-refractivity contribution in [2.75, 3.05) is 5.32 Å². The number of Topliss-reactive ketones (excluding diaryl/α,β-unsaturated/α-hetero) is 1. The third-order valence-corrected chi connectivity index (χ3v) is 6.08. The molecule has 5 rings (SSSR count). The van der Waals surface area contributed by atoms with Crippen LogP contribution in [0.5, 0.6) is 0 Å². The SMILES string of the molecule is O=C(Nc1c(Cl)c[n+]([O-])cc1Cl)C(=O)c1cn(Cc2cccc3ccccc23)c2ncccc12. The molecule has 2 aromatic carbocycles. The molecule has 0 unspecified atom stereocenters. The van der Waals surface area contributed by atoms with Crippen LogP contribution in [0.4, 0.5) is 5.69 Å². The van der Waals surface area contributed by atoms with Gasteiger partial charge < -0.3 is 15.1 Å². The van der Waals surface area contributed by atoms with Gasteiger partial charge in [-0.25, -0.2) is 4.98 Å². The van der Waals surface area contributed by atoms with E-state index < -0.39 is 11.7 Å². The van der Waals surface area contributed by atoms with Gasteiger partial charge in [0, 0.05) is 24.3 Å². The van der Waals surface area contributed by atoms with E-state index in [2.05, 4.69) is 10.3 Å². The maximum Gasteiger partial charge on any atom is 0.296 e. The van der Waals surface area contributed by atoms with Gasteiger partial charge in [0.05, 0.1) is 11.3 Å². The van der Waals surface area contributed by atoms with Gasteiger partial charge in [-0.3, -0.25) is 9.59 Å². The van der Waals surface area contributed by atoms with Crippen molar-refractivity contribution in [1.82, 2.24) is 9.55 Å². The summed E-state index contributed by atoms with van der Waals surface area (Å²) >= 11 is 12.0. The van der Waals surface area contributed by atoms with Crippen LogP contribution in [0, 0.1) is 5.21 Å². The molecule has 0 aliphatic rings. The molecule has 1 N–H and O–H groups in total. The van der Waals surface area contributed by atoms with Gasteiger partial charge in [0.2, 0.25) is 12.4 Å². The summed E-state index contributed by atoms with van der Waals surface area (Å²) in [4.78, 5) is 30.4. The third kappa shape index (κ3) is 3.96. The molecule has 0 spiro atoms. The number of carbonyl (C=O) groups is 2. The molecule has 9 heteroatoms. The van der Waals surface area contributed by atoms with Gasteiger partial charge in [-0.2, -0.15) is 4.73 Å². The average Bonchev–Trinajstić information content (AvgIpc) is 3.19. The summed E-state index contributed by atoms with van der Waals surface area (Å²) in [6.07, 6.45) is 5.33. The van der Waals surface area contributed by atoms with E-state index in [1.807, 2.05) is 47.0 Å². The lowest BCUT2D eigenvalue weighted by molar-refractivity contribution is -0.605. The summed E-state index contributed by atoms with van der Waals surface area (Å²) in [5, 5.41) is 16.5. The number of carbonyl (C=O) groups excluding carboxylic acids is 2. The predicted octanol–water partition coefficient (Wildman–Crippen LogP) is 5.00. The minimum atomic E-state index is -0.930. The van der Waals surface area contributed by atoms with E-state index in [0.717, 1.165) is 28.7 Å². The lowest BCUT2D eigenvalue weighted by Gasteiger charge is -2.09. The van der Waals surface area contributed by atoms with E-state index in [9.17, 15) is 14.8 Å². The number of fused-ring (bicyclic) bond motifs is 2.